The van der Waals surface area contributed by atoms with Gasteiger partial charge in [0.15, 0.2) is 0 Å². The highest BCUT2D eigenvalue weighted by Crippen LogP contribution is 2.34. The second-order valence-corrected chi connectivity index (χ2v) is 6.01. The lowest BCUT2D eigenvalue weighted by Crippen LogP contribution is -2.30. The van der Waals surface area contributed by atoms with E-state index in [2.05, 4.69) is 58.1 Å². The maximum Gasteiger partial charge on any atom is 0.124 e. The fourth-order valence-electron chi connectivity index (χ4n) is 2.46. The van der Waals surface area contributed by atoms with Crippen LogP contribution in [0.1, 0.15) is 58.2 Å². The highest BCUT2D eigenvalue weighted by atomic mass is 16.5. The molecule has 114 valence electrons. The van der Waals surface area contributed by atoms with Crippen molar-refractivity contribution < 1.29 is 4.74 Å². The van der Waals surface area contributed by atoms with Gasteiger partial charge in [-0.3, -0.25) is 0 Å². The van der Waals surface area contributed by atoms with Gasteiger partial charge in [0.25, 0.3) is 0 Å². The van der Waals surface area contributed by atoms with Gasteiger partial charge in [0.05, 0.1) is 6.61 Å². The van der Waals surface area contributed by atoms with Gasteiger partial charge in [0.2, 0.25) is 0 Å². The van der Waals surface area contributed by atoms with Crippen LogP contribution in [0.3, 0.4) is 0 Å². The van der Waals surface area contributed by atoms with E-state index in [1.807, 2.05) is 6.92 Å². The number of rotatable bonds is 8. The van der Waals surface area contributed by atoms with Crippen molar-refractivity contribution in [3.8, 4) is 5.75 Å². The average Bonchev–Trinajstić information content (AvgIpc) is 2.41. The molecule has 2 atom stereocenters. The quantitative estimate of drug-likeness (QED) is 0.742. The maximum atomic E-state index is 5.84. The van der Waals surface area contributed by atoms with E-state index >= 15 is 0 Å². The number of hydrogen-bond acceptors (Lipinski definition) is 2. The van der Waals surface area contributed by atoms with Crippen LogP contribution in [0.15, 0.2) is 18.2 Å². The Balaban J connectivity index is 3.13. The third-order valence-corrected chi connectivity index (χ3v) is 3.99. The minimum Gasteiger partial charge on any atom is -0.494 e. The molecule has 0 radical (unpaired) electrons. The van der Waals surface area contributed by atoms with Crippen LogP contribution in [0.25, 0.3) is 0 Å². The van der Waals surface area contributed by atoms with Crippen molar-refractivity contribution in [3.63, 3.8) is 0 Å². The fourth-order valence-corrected chi connectivity index (χ4v) is 2.46. The van der Waals surface area contributed by atoms with E-state index in [-0.39, 0.29) is 0 Å². The minimum absolute atomic E-state index is 0.358. The highest BCUT2D eigenvalue weighted by Gasteiger charge is 2.24. The van der Waals surface area contributed by atoms with Crippen molar-refractivity contribution in [3.05, 3.63) is 29.3 Å². The Kier molecular flexibility index (Phi) is 7.08. The van der Waals surface area contributed by atoms with Crippen LogP contribution in [0.2, 0.25) is 0 Å². The predicted molar refractivity (Wildman–Crippen MR) is 87.4 cm³/mol. The molecular formula is C18H31NO. The minimum atomic E-state index is 0.358. The first-order valence-electron chi connectivity index (χ1n) is 7.97. The molecule has 0 spiro atoms. The molecule has 0 bridgehead atoms. The molecule has 0 aliphatic heterocycles. The molecule has 2 heteroatoms. The smallest absolute Gasteiger partial charge is 0.124 e. The largest absolute Gasteiger partial charge is 0.494 e. The molecule has 2 unspecified atom stereocenters. The second kappa shape index (κ2) is 8.31. The van der Waals surface area contributed by atoms with E-state index in [0.29, 0.717) is 24.5 Å². The van der Waals surface area contributed by atoms with E-state index in [1.54, 1.807) is 0 Å². The Morgan fingerprint density at radius 2 is 1.85 bits per heavy atom. The molecule has 0 amide bonds. The van der Waals surface area contributed by atoms with Crippen LogP contribution >= 0.6 is 0 Å². The summed E-state index contributed by atoms with van der Waals surface area (Å²) in [5.74, 6) is 2.24. The SMILES string of the molecule is CCCNC(c1cc(C)ccc1OCC)C(C)C(C)C. The molecule has 20 heavy (non-hydrogen) atoms. The highest BCUT2D eigenvalue weighted by molar-refractivity contribution is 5.39. The normalized spacial score (nSPS) is 14.3. The summed E-state index contributed by atoms with van der Waals surface area (Å²) in [6.45, 7) is 15.1. The number of benzene rings is 1. The monoisotopic (exact) mass is 277 g/mol. The molecule has 1 aromatic rings. The summed E-state index contributed by atoms with van der Waals surface area (Å²) in [5.41, 5.74) is 2.60. The summed E-state index contributed by atoms with van der Waals surface area (Å²) in [4.78, 5) is 0. The maximum absolute atomic E-state index is 5.84. The van der Waals surface area contributed by atoms with Gasteiger partial charge in [-0.25, -0.2) is 0 Å². The molecule has 0 fully saturated rings. The lowest BCUT2D eigenvalue weighted by atomic mass is 9.85. The van der Waals surface area contributed by atoms with Crippen molar-refractivity contribution in [1.82, 2.24) is 5.32 Å². The van der Waals surface area contributed by atoms with Crippen LogP contribution in [-0.4, -0.2) is 13.2 Å². The summed E-state index contributed by atoms with van der Waals surface area (Å²) < 4.78 is 5.84. The Hall–Kier alpha value is -1.02. The van der Waals surface area contributed by atoms with Crippen molar-refractivity contribution in [2.75, 3.05) is 13.2 Å². The number of hydrogen-bond donors (Lipinski definition) is 1. The van der Waals surface area contributed by atoms with E-state index in [9.17, 15) is 0 Å². The van der Waals surface area contributed by atoms with E-state index in [0.717, 1.165) is 18.7 Å². The summed E-state index contributed by atoms with van der Waals surface area (Å²) >= 11 is 0. The van der Waals surface area contributed by atoms with Gasteiger partial charge < -0.3 is 10.1 Å². The predicted octanol–water partition coefficient (Wildman–Crippen LogP) is 4.73. The lowest BCUT2D eigenvalue weighted by Gasteiger charge is -2.30. The Bertz CT molecular complexity index is 400. The number of nitrogens with one attached hydrogen (secondary N) is 1. The number of aryl methyl sites for hydroxylation is 1. The first-order valence-corrected chi connectivity index (χ1v) is 7.97. The Morgan fingerprint density at radius 3 is 2.40 bits per heavy atom. The van der Waals surface area contributed by atoms with Crippen LogP contribution in [0, 0.1) is 18.8 Å². The average molecular weight is 277 g/mol. The van der Waals surface area contributed by atoms with Gasteiger partial charge in [-0.1, -0.05) is 45.4 Å². The third kappa shape index (κ3) is 4.52. The first-order chi connectivity index (χ1) is 9.51. The van der Waals surface area contributed by atoms with Crippen LogP contribution in [0.5, 0.6) is 5.75 Å². The standard InChI is InChI=1S/C18H31NO/c1-7-11-19-18(15(6)13(3)4)16-12-14(5)9-10-17(16)20-8-2/h9-10,12-13,15,18-19H,7-8,11H2,1-6H3. The molecule has 0 heterocycles. The molecule has 1 N–H and O–H groups in total. The molecular weight excluding hydrogens is 246 g/mol. The van der Waals surface area contributed by atoms with Crippen LogP contribution in [0.4, 0.5) is 0 Å². The Labute approximate surface area is 124 Å². The Morgan fingerprint density at radius 1 is 1.15 bits per heavy atom. The number of ether oxygens (including phenoxy) is 1. The van der Waals surface area contributed by atoms with Gasteiger partial charge in [0, 0.05) is 11.6 Å². The van der Waals surface area contributed by atoms with Crippen molar-refractivity contribution in [2.24, 2.45) is 11.8 Å². The second-order valence-electron chi connectivity index (χ2n) is 6.01. The molecule has 0 aliphatic carbocycles. The summed E-state index contributed by atoms with van der Waals surface area (Å²) in [6, 6.07) is 6.88. The molecule has 0 aromatic heterocycles. The molecule has 1 rings (SSSR count). The van der Waals surface area contributed by atoms with E-state index in [4.69, 9.17) is 4.74 Å². The molecule has 2 nitrogen and oxygen atoms in total. The summed E-state index contributed by atoms with van der Waals surface area (Å²) in [5, 5.41) is 3.71. The van der Waals surface area contributed by atoms with Gasteiger partial charge in [-0.15, -0.1) is 0 Å². The van der Waals surface area contributed by atoms with Gasteiger partial charge >= 0.3 is 0 Å². The molecule has 1 aromatic carbocycles. The zero-order chi connectivity index (χ0) is 15.1. The van der Waals surface area contributed by atoms with Gasteiger partial charge in [-0.05, 0) is 44.7 Å². The van der Waals surface area contributed by atoms with Crippen LogP contribution in [-0.2, 0) is 0 Å². The van der Waals surface area contributed by atoms with Gasteiger partial charge in [0.1, 0.15) is 5.75 Å². The van der Waals surface area contributed by atoms with Crippen LogP contribution < -0.4 is 10.1 Å². The fraction of sp³-hybridized carbons (Fsp3) is 0.667. The van der Waals surface area contributed by atoms with E-state index in [1.165, 1.54) is 11.1 Å². The van der Waals surface area contributed by atoms with Crippen molar-refractivity contribution >= 4 is 0 Å². The van der Waals surface area contributed by atoms with E-state index < -0.39 is 0 Å². The zero-order valence-electron chi connectivity index (χ0n) is 14.0. The molecule has 0 saturated carbocycles. The third-order valence-electron chi connectivity index (χ3n) is 3.99. The summed E-state index contributed by atoms with van der Waals surface area (Å²) in [7, 11) is 0. The van der Waals surface area contributed by atoms with Crippen molar-refractivity contribution in [1.29, 1.82) is 0 Å². The summed E-state index contributed by atoms with van der Waals surface area (Å²) in [6.07, 6.45) is 1.15. The lowest BCUT2D eigenvalue weighted by molar-refractivity contribution is 0.284. The molecule has 0 aliphatic rings. The van der Waals surface area contributed by atoms with Crippen molar-refractivity contribution in [2.45, 2.75) is 54.0 Å². The topological polar surface area (TPSA) is 21.3 Å². The zero-order valence-corrected chi connectivity index (χ0v) is 14.0. The van der Waals surface area contributed by atoms with Gasteiger partial charge in [-0.2, -0.15) is 0 Å². The molecule has 0 saturated heterocycles. The first kappa shape index (κ1) is 17.0.